The Morgan fingerprint density at radius 3 is 2.71 bits per heavy atom. The largest absolute Gasteiger partial charge is 0.494 e. The Morgan fingerprint density at radius 2 is 1.94 bits per heavy atom. The van der Waals surface area contributed by atoms with E-state index < -0.39 is 40.7 Å². The molecule has 266 valence electrons. The molecule has 4 heterocycles. The molecule has 0 bridgehead atoms. The predicted molar refractivity (Wildman–Crippen MR) is 173 cm³/mol. The quantitative estimate of drug-likeness (QED) is 0.210. The van der Waals surface area contributed by atoms with Crippen LogP contribution in [0.15, 0.2) is 59.8 Å². The van der Waals surface area contributed by atoms with Gasteiger partial charge in [-0.2, -0.15) is 4.31 Å². The van der Waals surface area contributed by atoms with Crippen LogP contribution in [0.1, 0.15) is 32.3 Å². The third kappa shape index (κ3) is 8.80. The minimum absolute atomic E-state index is 0.00915. The number of benzene rings is 2. The Labute approximate surface area is 285 Å². The number of aliphatic hydroxyl groups excluding tert-OH is 1. The van der Waals surface area contributed by atoms with Crippen LogP contribution in [0.3, 0.4) is 0 Å². The SMILES string of the molecule is CC(C)CN(C[C@@H](O)[C@H](Cc1ccc(OCCCn2ccnn2)cc1)NC(=O)O[C@H]1CO[C@H]2OCC[C@H]21)S(=O)(=O)c1ccc2c(c1)OCO2. The Hall–Kier alpha value is -3.96. The molecule has 2 N–H and O–H groups in total. The number of aryl methyl sites for hydroxylation is 1. The second kappa shape index (κ2) is 15.7. The van der Waals surface area contributed by atoms with Gasteiger partial charge in [0.25, 0.3) is 0 Å². The standard InChI is InChI=1S/C33H43N5O10S/c1-22(2)18-38(49(41,42)25-8-9-29-30(17-25)47-21-46-29)19-28(39)27(35-33(40)48-31-20-45-32-26(31)10-15-44-32)16-23-4-6-24(7-5-23)43-14-3-12-37-13-11-34-36-37/h4-9,11,13,17,22,26-28,31-32,39H,3,10,12,14-16,18-21H2,1-2H3,(H,35,40)/t26-,27-,28+,31-,32+/m0/s1. The highest BCUT2D eigenvalue weighted by atomic mass is 32.2. The summed E-state index contributed by atoms with van der Waals surface area (Å²) >= 11 is 0. The summed E-state index contributed by atoms with van der Waals surface area (Å²) in [6.45, 7) is 5.56. The number of nitrogens with zero attached hydrogens (tertiary/aromatic N) is 4. The van der Waals surface area contributed by atoms with Gasteiger partial charge >= 0.3 is 6.09 Å². The Kier molecular flexibility index (Phi) is 11.2. The average molecular weight is 702 g/mol. The fraction of sp³-hybridized carbons (Fsp3) is 0.545. The monoisotopic (exact) mass is 701 g/mol. The maximum absolute atomic E-state index is 13.9. The molecular formula is C33H43N5O10S. The van der Waals surface area contributed by atoms with E-state index in [0.29, 0.717) is 43.4 Å². The van der Waals surface area contributed by atoms with Crippen molar-refractivity contribution in [2.75, 3.05) is 39.7 Å². The van der Waals surface area contributed by atoms with Gasteiger partial charge in [0.15, 0.2) is 17.8 Å². The first kappa shape index (κ1) is 34.9. The molecule has 15 nitrogen and oxygen atoms in total. The van der Waals surface area contributed by atoms with Gasteiger partial charge in [0.2, 0.25) is 16.8 Å². The van der Waals surface area contributed by atoms with Crippen LogP contribution in [-0.2, 0) is 37.2 Å². The molecule has 3 aliphatic rings. The molecule has 0 saturated carbocycles. The molecule has 49 heavy (non-hydrogen) atoms. The number of hydrogen-bond acceptors (Lipinski definition) is 12. The number of ether oxygens (including phenoxy) is 6. The molecule has 5 atom stereocenters. The molecule has 2 aromatic carbocycles. The van der Waals surface area contributed by atoms with Gasteiger partial charge in [0.05, 0.1) is 49.0 Å². The van der Waals surface area contributed by atoms with Crippen LogP contribution in [-0.4, -0.2) is 103 Å². The third-order valence-corrected chi connectivity index (χ3v) is 10.4. The number of carbonyl (C=O) groups is 1. The number of aromatic nitrogens is 3. The maximum atomic E-state index is 13.9. The van der Waals surface area contributed by atoms with Gasteiger partial charge in [0, 0.05) is 38.3 Å². The first-order chi connectivity index (χ1) is 23.7. The molecule has 6 rings (SSSR count). The lowest BCUT2D eigenvalue weighted by atomic mass is 10.0. The Bertz CT molecular complexity index is 1640. The first-order valence-corrected chi connectivity index (χ1v) is 17.9. The van der Waals surface area contributed by atoms with Crippen LogP contribution < -0.4 is 19.5 Å². The van der Waals surface area contributed by atoms with E-state index in [1.165, 1.54) is 16.4 Å². The molecule has 0 unspecified atom stereocenters. The highest BCUT2D eigenvalue weighted by molar-refractivity contribution is 7.89. The molecule has 2 saturated heterocycles. The maximum Gasteiger partial charge on any atom is 0.407 e. The van der Waals surface area contributed by atoms with E-state index >= 15 is 0 Å². The Morgan fingerprint density at radius 1 is 1.12 bits per heavy atom. The number of alkyl carbamates (subject to hydrolysis) is 1. The molecular weight excluding hydrogens is 658 g/mol. The molecule has 3 aliphatic heterocycles. The summed E-state index contributed by atoms with van der Waals surface area (Å²) in [4.78, 5) is 13.3. The lowest BCUT2D eigenvalue weighted by molar-refractivity contribution is -0.0907. The lowest BCUT2D eigenvalue weighted by Gasteiger charge is -2.31. The van der Waals surface area contributed by atoms with Crippen molar-refractivity contribution in [3.05, 3.63) is 60.4 Å². The van der Waals surface area contributed by atoms with Crippen molar-refractivity contribution < 1.29 is 46.7 Å². The number of rotatable bonds is 16. The Balaban J connectivity index is 1.15. The average Bonchev–Trinajstić information content (AvgIpc) is 3.90. The number of fused-ring (bicyclic) bond motifs is 2. The number of carbonyl (C=O) groups excluding carboxylic acids is 1. The van der Waals surface area contributed by atoms with Crippen LogP contribution in [0.4, 0.5) is 4.79 Å². The fourth-order valence-electron chi connectivity index (χ4n) is 6.10. The molecule has 1 amide bonds. The number of amides is 1. The van der Waals surface area contributed by atoms with E-state index in [1.54, 1.807) is 23.1 Å². The summed E-state index contributed by atoms with van der Waals surface area (Å²) in [6.07, 6.45) is 2.15. The number of sulfonamides is 1. The number of aliphatic hydroxyl groups is 1. The fourth-order valence-corrected chi connectivity index (χ4v) is 7.74. The van der Waals surface area contributed by atoms with Crippen molar-refractivity contribution in [2.45, 2.75) is 69.1 Å². The summed E-state index contributed by atoms with van der Waals surface area (Å²) < 4.78 is 64.3. The normalized spacial score (nSPS) is 21.1. The van der Waals surface area contributed by atoms with E-state index in [2.05, 4.69) is 15.6 Å². The van der Waals surface area contributed by atoms with Crippen molar-refractivity contribution in [3.8, 4) is 17.2 Å². The summed E-state index contributed by atoms with van der Waals surface area (Å²) in [5.41, 5.74) is 0.793. The van der Waals surface area contributed by atoms with Crippen molar-refractivity contribution in [1.82, 2.24) is 24.6 Å². The molecule has 1 aromatic heterocycles. The van der Waals surface area contributed by atoms with Gasteiger partial charge in [-0.1, -0.05) is 31.2 Å². The van der Waals surface area contributed by atoms with Crippen LogP contribution in [0, 0.1) is 11.8 Å². The minimum Gasteiger partial charge on any atom is -0.494 e. The first-order valence-electron chi connectivity index (χ1n) is 16.5. The molecule has 0 radical (unpaired) electrons. The van der Waals surface area contributed by atoms with Gasteiger partial charge in [-0.25, -0.2) is 13.2 Å². The van der Waals surface area contributed by atoms with Gasteiger partial charge in [0.1, 0.15) is 11.9 Å². The number of nitrogens with one attached hydrogen (secondary N) is 1. The highest BCUT2D eigenvalue weighted by Crippen LogP contribution is 2.35. The molecule has 3 aromatic rings. The van der Waals surface area contributed by atoms with Crippen LogP contribution in [0.5, 0.6) is 17.2 Å². The summed E-state index contributed by atoms with van der Waals surface area (Å²) in [6, 6.07) is 10.9. The van der Waals surface area contributed by atoms with E-state index in [9.17, 15) is 18.3 Å². The highest BCUT2D eigenvalue weighted by Gasteiger charge is 2.44. The van der Waals surface area contributed by atoms with E-state index in [0.717, 1.165) is 12.0 Å². The van der Waals surface area contributed by atoms with Crippen LogP contribution >= 0.6 is 0 Å². The molecule has 16 heteroatoms. The van der Waals surface area contributed by atoms with Crippen molar-refractivity contribution in [3.63, 3.8) is 0 Å². The third-order valence-electron chi connectivity index (χ3n) is 8.60. The van der Waals surface area contributed by atoms with Crippen LogP contribution in [0.25, 0.3) is 0 Å². The zero-order valence-electron chi connectivity index (χ0n) is 27.5. The summed E-state index contributed by atoms with van der Waals surface area (Å²) in [7, 11) is -4.07. The lowest BCUT2D eigenvalue weighted by Crippen LogP contribution is -2.51. The van der Waals surface area contributed by atoms with E-state index in [4.69, 9.17) is 28.4 Å². The van der Waals surface area contributed by atoms with Gasteiger partial charge in [-0.3, -0.25) is 4.68 Å². The second-order valence-corrected chi connectivity index (χ2v) is 14.7. The molecule has 0 aliphatic carbocycles. The zero-order valence-corrected chi connectivity index (χ0v) is 28.4. The summed E-state index contributed by atoms with van der Waals surface area (Å²) in [5.74, 6) is 1.34. The van der Waals surface area contributed by atoms with Crippen LogP contribution in [0.2, 0.25) is 0 Å². The second-order valence-electron chi connectivity index (χ2n) is 12.7. The van der Waals surface area contributed by atoms with Crippen molar-refractivity contribution in [1.29, 1.82) is 0 Å². The van der Waals surface area contributed by atoms with Gasteiger partial charge in [-0.05, 0) is 48.6 Å². The van der Waals surface area contributed by atoms with E-state index in [-0.39, 0.29) is 49.6 Å². The van der Waals surface area contributed by atoms with Crippen molar-refractivity contribution >= 4 is 16.1 Å². The topological polar surface area (TPSA) is 173 Å². The van der Waals surface area contributed by atoms with Gasteiger partial charge < -0.3 is 38.8 Å². The number of hydrogen-bond donors (Lipinski definition) is 2. The predicted octanol–water partition coefficient (Wildman–Crippen LogP) is 2.58. The molecule has 2 fully saturated rings. The van der Waals surface area contributed by atoms with E-state index in [1.807, 2.05) is 38.1 Å². The summed E-state index contributed by atoms with van der Waals surface area (Å²) in [5, 5.41) is 22.2. The minimum atomic E-state index is -4.07. The van der Waals surface area contributed by atoms with Gasteiger partial charge in [-0.15, -0.1) is 5.10 Å². The molecule has 0 spiro atoms. The smallest absolute Gasteiger partial charge is 0.407 e. The zero-order chi connectivity index (χ0) is 34.4. The van der Waals surface area contributed by atoms with Crippen molar-refractivity contribution in [2.24, 2.45) is 11.8 Å².